The minimum absolute atomic E-state index is 0.118. The molecule has 1 aliphatic heterocycles. The first-order valence-electron chi connectivity index (χ1n) is 5.52. The molecule has 106 valence electrons. The van der Waals surface area contributed by atoms with E-state index in [1.807, 2.05) is 0 Å². The highest BCUT2D eigenvalue weighted by atomic mass is 19.4. The Morgan fingerprint density at radius 3 is 2.50 bits per heavy atom. The molecule has 18 heavy (non-hydrogen) atoms. The van der Waals surface area contributed by atoms with Crippen LogP contribution >= 0.6 is 0 Å². The molecule has 1 aliphatic rings. The van der Waals surface area contributed by atoms with E-state index >= 15 is 0 Å². The number of hydrogen-bond donors (Lipinski definition) is 3. The quantitative estimate of drug-likeness (QED) is 0.652. The fourth-order valence-electron chi connectivity index (χ4n) is 1.98. The maximum atomic E-state index is 12.5. The summed E-state index contributed by atoms with van der Waals surface area (Å²) in [6.45, 7) is -0.0760. The lowest BCUT2D eigenvalue weighted by Gasteiger charge is -2.40. The Kier molecular flexibility index (Phi) is 3.94. The molecule has 0 aromatic heterocycles. The van der Waals surface area contributed by atoms with Crippen molar-refractivity contribution >= 4 is 5.91 Å². The molecule has 0 spiro atoms. The number of β-amino-alcohol motifs (C(OH)–C–C–N with tert-alkyl or cyclic N) is 2. The van der Waals surface area contributed by atoms with Gasteiger partial charge in [-0.15, -0.1) is 0 Å². The first-order chi connectivity index (χ1) is 7.98. The lowest BCUT2D eigenvalue weighted by molar-refractivity contribution is -0.259. The summed E-state index contributed by atoms with van der Waals surface area (Å²) in [5.74, 6) is -0.959. The third-order valence-corrected chi connectivity index (χ3v) is 3.15. The smallest absolute Gasteiger partial charge is 0.380 e. The van der Waals surface area contributed by atoms with Crippen LogP contribution in [0.15, 0.2) is 0 Å². The topological polar surface area (TPSA) is 86.8 Å². The normalized spacial score (nSPS) is 29.9. The highest BCUT2D eigenvalue weighted by Crippen LogP contribution is 2.32. The third kappa shape index (κ3) is 3.12. The van der Waals surface area contributed by atoms with E-state index in [0.717, 1.165) is 0 Å². The Hall–Kier alpha value is -0.860. The second-order valence-corrected chi connectivity index (χ2v) is 4.98. The van der Waals surface area contributed by atoms with Crippen molar-refractivity contribution in [3.8, 4) is 0 Å². The summed E-state index contributed by atoms with van der Waals surface area (Å²) in [6, 6.07) is 0. The van der Waals surface area contributed by atoms with Crippen LogP contribution in [-0.4, -0.2) is 58.0 Å². The van der Waals surface area contributed by atoms with Crippen molar-refractivity contribution in [2.24, 2.45) is 5.73 Å². The number of primary amides is 1. The monoisotopic (exact) mass is 270 g/mol. The molecule has 1 heterocycles. The lowest BCUT2D eigenvalue weighted by atomic mass is 9.91. The van der Waals surface area contributed by atoms with E-state index in [1.165, 1.54) is 4.90 Å². The number of halogens is 3. The fourth-order valence-corrected chi connectivity index (χ4v) is 1.98. The molecule has 0 aliphatic carbocycles. The Bertz CT molecular complexity index is 333. The third-order valence-electron chi connectivity index (χ3n) is 3.15. The number of piperidine rings is 1. The number of nitrogens with two attached hydrogens (primary N) is 1. The number of nitrogens with zero attached hydrogens (tertiary/aromatic N) is 1. The molecule has 4 N–H and O–H groups in total. The van der Waals surface area contributed by atoms with Gasteiger partial charge in [0, 0.05) is 13.1 Å². The van der Waals surface area contributed by atoms with E-state index in [4.69, 9.17) is 5.73 Å². The van der Waals surface area contributed by atoms with Gasteiger partial charge in [0.15, 0.2) is 11.2 Å². The predicted octanol–water partition coefficient (Wildman–Crippen LogP) is -0.388. The molecule has 0 bridgehead atoms. The highest BCUT2D eigenvalue weighted by Gasteiger charge is 2.52. The molecule has 8 heteroatoms. The molecule has 0 radical (unpaired) electrons. The second-order valence-electron chi connectivity index (χ2n) is 4.98. The summed E-state index contributed by atoms with van der Waals surface area (Å²) in [5.41, 5.74) is 0.307. The van der Waals surface area contributed by atoms with Gasteiger partial charge in [-0.2, -0.15) is 13.2 Å². The lowest BCUT2D eigenvalue weighted by Crippen LogP contribution is -2.60. The van der Waals surface area contributed by atoms with Crippen LogP contribution in [-0.2, 0) is 4.79 Å². The van der Waals surface area contributed by atoms with Crippen molar-refractivity contribution in [3.63, 3.8) is 0 Å². The first-order valence-corrected chi connectivity index (χ1v) is 5.52. The second kappa shape index (κ2) is 4.67. The highest BCUT2D eigenvalue weighted by molar-refractivity contribution is 5.83. The summed E-state index contributed by atoms with van der Waals surface area (Å²) in [5, 5.41) is 19.2. The summed E-state index contributed by atoms with van der Waals surface area (Å²) in [7, 11) is 0. The van der Waals surface area contributed by atoms with Gasteiger partial charge in [0.2, 0.25) is 0 Å². The van der Waals surface area contributed by atoms with E-state index in [2.05, 4.69) is 0 Å². The molecular weight excluding hydrogens is 253 g/mol. The standard InChI is InChI=1S/C10H17F3N2O3/c1-8(17,10(11,12)13)5-15-4-2-3-9(18,6-15)7(14)16/h17-18H,2-6H2,1H3,(H2,14,16). The number of rotatable bonds is 3. The van der Waals surface area contributed by atoms with Crippen LogP contribution in [0.5, 0.6) is 0 Å². The van der Waals surface area contributed by atoms with Crippen LogP contribution in [0.3, 0.4) is 0 Å². The Labute approximate surface area is 102 Å². The molecule has 5 nitrogen and oxygen atoms in total. The van der Waals surface area contributed by atoms with E-state index in [-0.39, 0.29) is 19.5 Å². The molecule has 1 fully saturated rings. The number of carbonyl (C=O) groups excluding carboxylic acids is 1. The average Bonchev–Trinajstić information content (AvgIpc) is 2.14. The first kappa shape index (κ1) is 15.2. The molecule has 1 saturated heterocycles. The number of carbonyl (C=O) groups is 1. The van der Waals surface area contributed by atoms with Gasteiger partial charge in [-0.05, 0) is 26.3 Å². The number of aliphatic hydroxyl groups is 2. The zero-order chi connectivity index (χ0) is 14.2. The molecule has 1 rings (SSSR count). The van der Waals surface area contributed by atoms with Crippen molar-refractivity contribution in [2.75, 3.05) is 19.6 Å². The van der Waals surface area contributed by atoms with Crippen molar-refractivity contribution in [1.82, 2.24) is 4.90 Å². The van der Waals surface area contributed by atoms with Crippen molar-refractivity contribution in [1.29, 1.82) is 0 Å². The molecule has 0 saturated carbocycles. The maximum absolute atomic E-state index is 12.5. The maximum Gasteiger partial charge on any atom is 0.418 e. The minimum Gasteiger partial charge on any atom is -0.380 e. The summed E-state index contributed by atoms with van der Waals surface area (Å²) >= 11 is 0. The average molecular weight is 270 g/mol. The van der Waals surface area contributed by atoms with E-state index in [9.17, 15) is 28.2 Å². The van der Waals surface area contributed by atoms with Gasteiger partial charge in [0.05, 0.1) is 0 Å². The Morgan fingerprint density at radius 1 is 1.50 bits per heavy atom. The van der Waals surface area contributed by atoms with Gasteiger partial charge >= 0.3 is 6.18 Å². The number of likely N-dealkylation sites (tertiary alicyclic amines) is 1. The predicted molar refractivity (Wildman–Crippen MR) is 56.5 cm³/mol. The van der Waals surface area contributed by atoms with E-state index < -0.39 is 29.8 Å². The van der Waals surface area contributed by atoms with Gasteiger partial charge < -0.3 is 15.9 Å². The SMILES string of the molecule is CC(O)(CN1CCCC(O)(C(N)=O)C1)C(F)(F)F. The van der Waals surface area contributed by atoms with Gasteiger partial charge in [0.25, 0.3) is 5.91 Å². The van der Waals surface area contributed by atoms with Crippen LogP contribution in [0.1, 0.15) is 19.8 Å². The van der Waals surface area contributed by atoms with Crippen molar-refractivity contribution < 1.29 is 28.2 Å². The van der Waals surface area contributed by atoms with Crippen molar-refractivity contribution in [3.05, 3.63) is 0 Å². The number of amides is 1. The molecule has 0 aromatic rings. The summed E-state index contributed by atoms with van der Waals surface area (Å²) in [4.78, 5) is 12.2. The van der Waals surface area contributed by atoms with E-state index in [1.54, 1.807) is 0 Å². The number of hydrogen-bond acceptors (Lipinski definition) is 4. The number of alkyl halides is 3. The van der Waals surface area contributed by atoms with Gasteiger partial charge in [0.1, 0.15) is 0 Å². The zero-order valence-corrected chi connectivity index (χ0v) is 10.00. The Balaban J connectivity index is 2.72. The molecule has 1 amide bonds. The molecule has 2 unspecified atom stereocenters. The fraction of sp³-hybridized carbons (Fsp3) is 0.900. The van der Waals surface area contributed by atoms with Crippen LogP contribution in [0, 0.1) is 0 Å². The molecule has 0 aromatic carbocycles. The van der Waals surface area contributed by atoms with Gasteiger partial charge in [-0.1, -0.05) is 0 Å². The zero-order valence-electron chi connectivity index (χ0n) is 10.00. The van der Waals surface area contributed by atoms with E-state index in [0.29, 0.717) is 13.3 Å². The molecule has 2 atom stereocenters. The van der Waals surface area contributed by atoms with Gasteiger partial charge in [-0.25, -0.2) is 0 Å². The van der Waals surface area contributed by atoms with Crippen LogP contribution < -0.4 is 5.73 Å². The van der Waals surface area contributed by atoms with Crippen LogP contribution in [0.2, 0.25) is 0 Å². The molecular formula is C10H17F3N2O3. The minimum atomic E-state index is -4.77. The van der Waals surface area contributed by atoms with Crippen molar-refractivity contribution in [2.45, 2.75) is 37.1 Å². The van der Waals surface area contributed by atoms with Gasteiger partial charge in [-0.3, -0.25) is 9.69 Å². The summed E-state index contributed by atoms with van der Waals surface area (Å²) < 4.78 is 37.5. The largest absolute Gasteiger partial charge is 0.418 e. The van der Waals surface area contributed by atoms with Crippen LogP contribution in [0.4, 0.5) is 13.2 Å². The van der Waals surface area contributed by atoms with Crippen LogP contribution in [0.25, 0.3) is 0 Å². The summed E-state index contributed by atoms with van der Waals surface area (Å²) in [6.07, 6.45) is -4.31. The Morgan fingerprint density at radius 2 is 2.06 bits per heavy atom.